The van der Waals surface area contributed by atoms with Crippen LogP contribution in [0.15, 0.2) is 73.3 Å². The van der Waals surface area contributed by atoms with E-state index in [-0.39, 0.29) is 5.78 Å². The van der Waals surface area contributed by atoms with Gasteiger partial charge in [0.2, 0.25) is 0 Å². The highest BCUT2D eigenvalue weighted by Crippen LogP contribution is 2.31. The second-order valence-electron chi connectivity index (χ2n) is 8.91. The van der Waals surface area contributed by atoms with Crippen molar-refractivity contribution >= 4 is 22.4 Å². The molecule has 0 radical (unpaired) electrons. The molecule has 1 aliphatic heterocycles. The van der Waals surface area contributed by atoms with Crippen LogP contribution < -0.4 is 0 Å². The zero-order valence-corrected chi connectivity index (χ0v) is 19.5. The number of benzene rings is 2. The van der Waals surface area contributed by atoms with Crippen LogP contribution in [0.25, 0.3) is 27.9 Å². The van der Waals surface area contributed by atoms with Gasteiger partial charge in [-0.15, -0.1) is 0 Å². The summed E-state index contributed by atoms with van der Waals surface area (Å²) in [6, 6.07) is 16.0. The number of aromatic nitrogens is 4. The average Bonchev–Trinajstić information content (AvgIpc) is 3.40. The van der Waals surface area contributed by atoms with E-state index >= 15 is 0 Å². The largest absolute Gasteiger partial charge is 0.337 e. The summed E-state index contributed by atoms with van der Waals surface area (Å²) < 4.78 is 2.04. The lowest BCUT2D eigenvalue weighted by Gasteiger charge is -2.23. The fourth-order valence-corrected chi connectivity index (χ4v) is 4.38. The number of nitrogens with zero attached hydrogens (tertiary/aromatic N) is 5. The molecule has 3 heterocycles. The molecule has 6 nitrogen and oxygen atoms in total. The van der Waals surface area contributed by atoms with Gasteiger partial charge in [0.25, 0.3) is 0 Å². The first kappa shape index (κ1) is 22.2. The van der Waals surface area contributed by atoms with Crippen LogP contribution in [0.5, 0.6) is 0 Å². The molecular weight excluding hydrogens is 422 g/mol. The van der Waals surface area contributed by atoms with E-state index in [1.54, 1.807) is 6.20 Å². The predicted molar refractivity (Wildman–Crippen MR) is 135 cm³/mol. The normalized spacial score (nSPS) is 14.3. The molecule has 172 valence electrons. The molecule has 5 rings (SSSR count). The van der Waals surface area contributed by atoms with Crippen LogP contribution in [0.2, 0.25) is 0 Å². The van der Waals surface area contributed by atoms with E-state index in [0.29, 0.717) is 12.0 Å². The van der Waals surface area contributed by atoms with Crippen molar-refractivity contribution in [1.82, 2.24) is 24.4 Å². The predicted octanol–water partition coefficient (Wildman–Crippen LogP) is 5.27. The van der Waals surface area contributed by atoms with Crippen LogP contribution in [0, 0.1) is 0 Å². The number of unbranched alkanes of at least 4 members (excludes halogenated alkanes) is 1. The number of Topliss-reactive ketones (excluding diaryl/α,β-unsaturated/α-hetero) is 1. The molecule has 0 aliphatic carbocycles. The summed E-state index contributed by atoms with van der Waals surface area (Å²) >= 11 is 0. The Morgan fingerprint density at radius 3 is 2.62 bits per heavy atom. The third kappa shape index (κ3) is 4.97. The van der Waals surface area contributed by atoms with E-state index in [0.717, 1.165) is 66.9 Å². The van der Waals surface area contributed by atoms with Gasteiger partial charge in [-0.1, -0.05) is 36.4 Å². The lowest BCUT2D eigenvalue weighted by molar-refractivity contribution is 0.0979. The minimum Gasteiger partial charge on any atom is -0.337 e. The van der Waals surface area contributed by atoms with E-state index in [1.165, 1.54) is 5.57 Å². The number of carbonyl (C=O) groups excluding carboxylic acids is 1. The van der Waals surface area contributed by atoms with Gasteiger partial charge < -0.3 is 9.47 Å². The molecule has 4 aromatic rings. The summed E-state index contributed by atoms with van der Waals surface area (Å²) in [4.78, 5) is 29.3. The van der Waals surface area contributed by atoms with Gasteiger partial charge in [-0.3, -0.25) is 4.79 Å². The zero-order valence-electron chi connectivity index (χ0n) is 19.5. The molecule has 1 aliphatic rings. The molecular formula is C28H29N5O. The second-order valence-corrected chi connectivity index (χ2v) is 8.91. The van der Waals surface area contributed by atoms with Gasteiger partial charge in [0.05, 0.1) is 28.7 Å². The number of hydrogen-bond donors (Lipinski definition) is 0. The van der Waals surface area contributed by atoms with Gasteiger partial charge in [0.1, 0.15) is 0 Å². The Bertz CT molecular complexity index is 1310. The molecule has 0 amide bonds. The van der Waals surface area contributed by atoms with Gasteiger partial charge in [0, 0.05) is 49.6 Å². The lowest BCUT2D eigenvalue weighted by atomic mass is 9.98. The van der Waals surface area contributed by atoms with Crippen molar-refractivity contribution in [1.29, 1.82) is 0 Å². The van der Waals surface area contributed by atoms with Crippen LogP contribution in [0.3, 0.4) is 0 Å². The monoisotopic (exact) mass is 451 g/mol. The van der Waals surface area contributed by atoms with Crippen molar-refractivity contribution in [2.75, 3.05) is 20.1 Å². The highest BCUT2D eigenvalue weighted by molar-refractivity contribution is 5.99. The average molecular weight is 452 g/mol. The van der Waals surface area contributed by atoms with Crippen LogP contribution >= 0.6 is 0 Å². The Morgan fingerprint density at radius 2 is 1.85 bits per heavy atom. The van der Waals surface area contributed by atoms with Crippen LogP contribution in [0.1, 0.15) is 41.7 Å². The number of ketones is 1. The molecule has 2 aromatic heterocycles. The summed E-state index contributed by atoms with van der Waals surface area (Å²) in [7, 11) is 2.13. The first-order valence-corrected chi connectivity index (χ1v) is 11.9. The van der Waals surface area contributed by atoms with Gasteiger partial charge in [-0.2, -0.15) is 0 Å². The Morgan fingerprint density at radius 1 is 1.00 bits per heavy atom. The first-order valence-electron chi connectivity index (χ1n) is 11.9. The van der Waals surface area contributed by atoms with E-state index in [1.807, 2.05) is 53.5 Å². The van der Waals surface area contributed by atoms with E-state index in [9.17, 15) is 4.79 Å². The summed E-state index contributed by atoms with van der Waals surface area (Å²) in [6.07, 6.45) is 11.0. The maximum atomic E-state index is 12.9. The van der Waals surface area contributed by atoms with Crippen molar-refractivity contribution in [3.8, 4) is 11.3 Å². The van der Waals surface area contributed by atoms with Crippen LogP contribution in [-0.2, 0) is 6.54 Å². The quantitative estimate of drug-likeness (QED) is 0.270. The zero-order chi connectivity index (χ0) is 23.3. The lowest BCUT2D eigenvalue weighted by Crippen LogP contribution is -2.24. The van der Waals surface area contributed by atoms with Gasteiger partial charge >= 0.3 is 0 Å². The smallest absolute Gasteiger partial charge is 0.162 e. The number of rotatable bonds is 8. The fraction of sp³-hybridized carbons (Fsp3) is 0.286. The van der Waals surface area contributed by atoms with E-state index in [2.05, 4.69) is 35.1 Å². The number of carbonyl (C=O) groups is 1. The molecule has 0 saturated carbocycles. The van der Waals surface area contributed by atoms with Gasteiger partial charge in [0.15, 0.2) is 5.78 Å². The summed E-state index contributed by atoms with van der Waals surface area (Å²) in [6.45, 7) is 2.78. The minimum absolute atomic E-state index is 0.154. The minimum atomic E-state index is 0.154. The standard InChI is InChI=1S/C28H29N5O/c1-32-16-12-22(13-17-32)28-27(21-7-3-2-4-8-21)30-24-11-10-23(19-25(24)31-28)26(34)9-5-6-15-33-18-14-29-20-33/h2-4,7-8,10-12,14,18-20H,5-6,9,13,15-17H2,1H3. The number of fused-ring (bicyclic) bond motifs is 1. The van der Waals surface area contributed by atoms with Crippen molar-refractivity contribution < 1.29 is 4.79 Å². The summed E-state index contributed by atoms with van der Waals surface area (Å²) in [5.41, 5.74) is 6.42. The third-order valence-electron chi connectivity index (χ3n) is 6.38. The number of hydrogen-bond acceptors (Lipinski definition) is 5. The first-order chi connectivity index (χ1) is 16.7. The maximum Gasteiger partial charge on any atom is 0.162 e. The molecule has 0 N–H and O–H groups in total. The third-order valence-corrected chi connectivity index (χ3v) is 6.38. The van der Waals surface area contributed by atoms with Gasteiger partial charge in [-0.05, 0) is 50.1 Å². The van der Waals surface area contributed by atoms with E-state index < -0.39 is 0 Å². The molecule has 6 heteroatoms. The Hall–Kier alpha value is -3.64. The van der Waals surface area contributed by atoms with Crippen molar-refractivity contribution in [3.05, 3.63) is 84.6 Å². The number of likely N-dealkylation sites (N-methyl/N-ethyl adjacent to an activating group) is 1. The number of imidazole rings is 1. The highest BCUT2D eigenvalue weighted by Gasteiger charge is 2.18. The molecule has 0 fully saturated rings. The molecule has 0 spiro atoms. The second kappa shape index (κ2) is 10.1. The molecule has 0 unspecified atom stereocenters. The van der Waals surface area contributed by atoms with Crippen molar-refractivity contribution in [3.63, 3.8) is 0 Å². The SMILES string of the molecule is CN1CC=C(c2nc3cc(C(=O)CCCCn4ccnc4)ccc3nc2-c2ccccc2)CC1. The molecule has 0 saturated heterocycles. The summed E-state index contributed by atoms with van der Waals surface area (Å²) in [5.74, 6) is 0.154. The van der Waals surface area contributed by atoms with Crippen molar-refractivity contribution in [2.24, 2.45) is 0 Å². The van der Waals surface area contributed by atoms with Crippen LogP contribution in [-0.4, -0.2) is 50.3 Å². The topological polar surface area (TPSA) is 63.9 Å². The highest BCUT2D eigenvalue weighted by atomic mass is 16.1. The van der Waals surface area contributed by atoms with Crippen molar-refractivity contribution in [2.45, 2.75) is 32.2 Å². The molecule has 0 atom stereocenters. The fourth-order valence-electron chi connectivity index (χ4n) is 4.38. The number of aryl methyl sites for hydroxylation is 1. The van der Waals surface area contributed by atoms with Crippen LogP contribution in [0.4, 0.5) is 0 Å². The van der Waals surface area contributed by atoms with E-state index in [4.69, 9.17) is 9.97 Å². The Balaban J connectivity index is 1.42. The molecule has 34 heavy (non-hydrogen) atoms. The Kier molecular flexibility index (Phi) is 6.58. The summed E-state index contributed by atoms with van der Waals surface area (Å²) in [5, 5.41) is 0. The maximum absolute atomic E-state index is 12.9. The Labute approximate surface area is 200 Å². The van der Waals surface area contributed by atoms with Gasteiger partial charge in [-0.25, -0.2) is 15.0 Å². The molecule has 2 aromatic carbocycles. The molecule has 0 bridgehead atoms.